The van der Waals surface area contributed by atoms with Crippen LogP contribution in [0.1, 0.15) is 30.9 Å². The molecule has 0 aliphatic heterocycles. The molecule has 0 saturated carbocycles. The summed E-state index contributed by atoms with van der Waals surface area (Å²) >= 11 is 0. The molecule has 4 nitrogen and oxygen atoms in total. The van der Waals surface area contributed by atoms with E-state index in [-0.39, 0.29) is 0 Å². The molecule has 1 atom stereocenters. The van der Waals surface area contributed by atoms with Crippen LogP contribution in [0.2, 0.25) is 0 Å². The van der Waals surface area contributed by atoms with E-state index >= 15 is 0 Å². The molecule has 1 heterocycles. The molecule has 1 unspecified atom stereocenters. The van der Waals surface area contributed by atoms with E-state index in [1.807, 2.05) is 24.3 Å². The summed E-state index contributed by atoms with van der Waals surface area (Å²) in [7, 11) is -2.19. The number of benzene rings is 2. The smallest absolute Gasteiger partial charge is 0.125 e. The lowest BCUT2D eigenvalue weighted by atomic mass is 10.1. The van der Waals surface area contributed by atoms with Gasteiger partial charge >= 0.3 is 8.25 Å². The van der Waals surface area contributed by atoms with Crippen LogP contribution in [0, 0.1) is 13.8 Å². The van der Waals surface area contributed by atoms with E-state index < -0.39 is 8.25 Å². The van der Waals surface area contributed by atoms with E-state index in [9.17, 15) is 4.57 Å². The highest BCUT2D eigenvalue weighted by Gasteiger charge is 2.25. The molecule has 3 rings (SSSR count). The van der Waals surface area contributed by atoms with Gasteiger partial charge in [0.25, 0.3) is 0 Å². The number of aromatic nitrogens is 1. The van der Waals surface area contributed by atoms with Gasteiger partial charge in [0.1, 0.15) is 6.61 Å². The third-order valence-electron chi connectivity index (χ3n) is 3.87. The van der Waals surface area contributed by atoms with Crippen LogP contribution in [-0.2, 0) is 9.09 Å². The quantitative estimate of drug-likeness (QED) is 0.454. The summed E-state index contributed by atoms with van der Waals surface area (Å²) in [4.78, 5) is 0. The van der Waals surface area contributed by atoms with Gasteiger partial charge in [-0.25, -0.2) is 0 Å². The lowest BCUT2D eigenvalue weighted by molar-refractivity contribution is 0.218. The van der Waals surface area contributed by atoms with E-state index in [4.69, 9.17) is 9.15 Å². The van der Waals surface area contributed by atoms with E-state index in [0.29, 0.717) is 6.61 Å². The minimum Gasteiger partial charge on any atom is -0.125 e. The summed E-state index contributed by atoms with van der Waals surface area (Å²) in [6, 6.07) is 12.3. The van der Waals surface area contributed by atoms with Crippen molar-refractivity contribution in [2.24, 2.45) is 0 Å². The standard InChI is InChI=1S/C18H21NO3P/c1-4-5-10-21-23(20)22-19-17-8-6-13(2)11-15(17)16-12-14(3)7-9-18(16)19/h6-9,11-12H,4-5,10H2,1-3H3/q+1. The molecule has 0 amide bonds. The first kappa shape index (κ1) is 16.0. The van der Waals surface area contributed by atoms with Gasteiger partial charge in [-0.15, -0.1) is 13.9 Å². The number of aryl methyl sites for hydroxylation is 2. The van der Waals surface area contributed by atoms with Crippen molar-refractivity contribution in [3.63, 3.8) is 0 Å². The maximum atomic E-state index is 12.1. The van der Waals surface area contributed by atoms with Crippen molar-refractivity contribution in [3.8, 4) is 0 Å². The third kappa shape index (κ3) is 3.24. The topological polar surface area (TPSA) is 40.5 Å². The van der Waals surface area contributed by atoms with Crippen molar-refractivity contribution < 1.29 is 13.7 Å². The van der Waals surface area contributed by atoms with Gasteiger partial charge in [0.15, 0.2) is 0 Å². The van der Waals surface area contributed by atoms with Gasteiger partial charge in [-0.3, -0.25) is 0 Å². The largest absolute Gasteiger partial charge is 0.771 e. The molecule has 0 N–H and O–H groups in total. The number of fused-ring (bicyclic) bond motifs is 3. The summed E-state index contributed by atoms with van der Waals surface area (Å²) in [5, 5.41) is 2.20. The summed E-state index contributed by atoms with van der Waals surface area (Å²) in [5.41, 5.74) is 4.17. The molecule has 0 spiro atoms. The Hall–Kier alpha value is -1.90. The van der Waals surface area contributed by atoms with Gasteiger partial charge in [-0.2, -0.15) is 0 Å². The molecular formula is C18H21NO3P+. The predicted molar refractivity (Wildman–Crippen MR) is 94.0 cm³/mol. The van der Waals surface area contributed by atoms with Gasteiger partial charge < -0.3 is 0 Å². The van der Waals surface area contributed by atoms with Crippen LogP contribution in [0.4, 0.5) is 0 Å². The summed E-state index contributed by atoms with van der Waals surface area (Å²) in [5.74, 6) is 0. The van der Waals surface area contributed by atoms with Gasteiger partial charge in [0.2, 0.25) is 0 Å². The van der Waals surface area contributed by atoms with Crippen LogP contribution in [0.15, 0.2) is 36.4 Å². The zero-order valence-corrected chi connectivity index (χ0v) is 14.6. The number of hydrogen-bond acceptors (Lipinski definition) is 3. The molecule has 1 aromatic heterocycles. The molecule has 2 aromatic carbocycles. The molecule has 0 aliphatic carbocycles. The Bertz CT molecular complexity index is 810. The van der Waals surface area contributed by atoms with E-state index in [1.54, 1.807) is 4.73 Å². The zero-order chi connectivity index (χ0) is 16.4. The lowest BCUT2D eigenvalue weighted by Crippen LogP contribution is -2.04. The van der Waals surface area contributed by atoms with Crippen molar-refractivity contribution in [2.75, 3.05) is 6.61 Å². The average Bonchev–Trinajstić information content (AvgIpc) is 2.80. The highest BCUT2D eigenvalue weighted by atomic mass is 31.1. The highest BCUT2D eigenvalue weighted by molar-refractivity contribution is 7.33. The molecule has 5 heteroatoms. The molecule has 0 aliphatic rings. The van der Waals surface area contributed by atoms with Crippen LogP contribution < -0.4 is 4.62 Å². The van der Waals surface area contributed by atoms with Gasteiger partial charge in [-0.1, -0.05) is 36.6 Å². The van der Waals surface area contributed by atoms with Crippen LogP contribution in [0.25, 0.3) is 21.8 Å². The Kier molecular flexibility index (Phi) is 4.65. The van der Waals surface area contributed by atoms with Gasteiger partial charge in [0, 0.05) is 15.3 Å². The van der Waals surface area contributed by atoms with Crippen molar-refractivity contribution in [2.45, 2.75) is 33.6 Å². The van der Waals surface area contributed by atoms with Crippen LogP contribution in [0.5, 0.6) is 0 Å². The number of hydrogen-bond donors (Lipinski definition) is 0. The Morgan fingerprint density at radius 3 is 2.09 bits per heavy atom. The number of rotatable bonds is 6. The second-order valence-electron chi connectivity index (χ2n) is 5.83. The van der Waals surface area contributed by atoms with Crippen LogP contribution >= 0.6 is 8.25 Å². The Morgan fingerprint density at radius 1 is 1.00 bits per heavy atom. The summed E-state index contributed by atoms with van der Waals surface area (Å²) in [6.07, 6.45) is 1.87. The molecular weight excluding hydrogens is 309 g/mol. The highest BCUT2D eigenvalue weighted by Crippen LogP contribution is 2.32. The summed E-state index contributed by atoms with van der Waals surface area (Å²) in [6.45, 7) is 6.64. The summed E-state index contributed by atoms with van der Waals surface area (Å²) < 4.78 is 24.6. The minimum absolute atomic E-state index is 0.445. The first-order valence-corrected chi connectivity index (χ1v) is 8.99. The van der Waals surface area contributed by atoms with E-state index in [0.717, 1.165) is 34.6 Å². The molecule has 23 heavy (non-hydrogen) atoms. The maximum absolute atomic E-state index is 12.1. The maximum Gasteiger partial charge on any atom is 0.771 e. The fourth-order valence-corrected chi connectivity index (χ4v) is 3.31. The second-order valence-corrected chi connectivity index (χ2v) is 6.70. The van der Waals surface area contributed by atoms with Crippen molar-refractivity contribution in [1.29, 1.82) is 0 Å². The van der Waals surface area contributed by atoms with Crippen LogP contribution in [0.3, 0.4) is 0 Å². The third-order valence-corrected chi connectivity index (χ3v) is 4.56. The number of nitrogens with zero attached hydrogens (tertiary/aromatic N) is 1. The molecule has 0 saturated heterocycles. The van der Waals surface area contributed by atoms with Crippen molar-refractivity contribution in [1.82, 2.24) is 4.73 Å². The molecule has 120 valence electrons. The van der Waals surface area contributed by atoms with E-state index in [2.05, 4.69) is 32.9 Å². The van der Waals surface area contributed by atoms with E-state index in [1.165, 1.54) is 11.1 Å². The zero-order valence-electron chi connectivity index (χ0n) is 13.7. The van der Waals surface area contributed by atoms with Crippen molar-refractivity contribution in [3.05, 3.63) is 47.5 Å². The Labute approximate surface area is 136 Å². The first-order valence-electron chi connectivity index (χ1n) is 7.90. The molecule has 0 bridgehead atoms. The predicted octanol–water partition coefficient (Wildman–Crippen LogP) is 5.31. The Morgan fingerprint density at radius 2 is 1.57 bits per heavy atom. The number of unbranched alkanes of at least 4 members (excludes halogenated alkanes) is 1. The molecule has 0 fully saturated rings. The second kappa shape index (κ2) is 6.69. The fraction of sp³-hybridized carbons (Fsp3) is 0.333. The molecule has 3 aromatic rings. The lowest BCUT2D eigenvalue weighted by Gasteiger charge is -1.99. The van der Waals surface area contributed by atoms with Crippen molar-refractivity contribution >= 4 is 30.1 Å². The van der Waals surface area contributed by atoms with Crippen LogP contribution in [-0.4, -0.2) is 11.3 Å². The fourth-order valence-electron chi connectivity index (χ4n) is 2.68. The normalized spacial score (nSPS) is 12.0. The molecule has 0 radical (unpaired) electrons. The van der Waals surface area contributed by atoms with Gasteiger partial charge in [-0.05, 0) is 44.5 Å². The monoisotopic (exact) mass is 330 g/mol. The average molecular weight is 330 g/mol. The Balaban J connectivity index is 2.05. The first-order chi connectivity index (χ1) is 11.1. The SMILES string of the molecule is CCCCO[P+](=O)On1c2ccc(C)cc2c2cc(C)ccc21. The van der Waals surface area contributed by atoms with Gasteiger partial charge in [0.05, 0.1) is 11.0 Å². The minimum atomic E-state index is -2.19.